The maximum atomic E-state index is 11.4. The van der Waals surface area contributed by atoms with Crippen molar-refractivity contribution in [3.63, 3.8) is 0 Å². The molecule has 4 atom stereocenters. The Balaban J connectivity index is 2.00. The summed E-state index contributed by atoms with van der Waals surface area (Å²) >= 11 is 0. The molecule has 1 aromatic carbocycles. The predicted octanol–water partition coefficient (Wildman–Crippen LogP) is -0.342. The van der Waals surface area contributed by atoms with Crippen LogP contribution in [-0.4, -0.2) is 63.1 Å². The smallest absolute Gasteiger partial charge is 0.335 e. The van der Waals surface area contributed by atoms with Gasteiger partial charge in [-0.2, -0.15) is 0 Å². The minimum atomic E-state index is -2.31. The summed E-state index contributed by atoms with van der Waals surface area (Å²) in [7, 11) is 0. The van der Waals surface area contributed by atoms with Crippen LogP contribution < -0.4 is 4.74 Å². The number of hydrogen-bond acceptors (Lipinski definition) is 8. The van der Waals surface area contributed by atoms with E-state index in [9.17, 15) is 24.9 Å². The molecule has 0 amide bonds. The summed E-state index contributed by atoms with van der Waals surface area (Å²) in [5, 5.41) is 39.0. The Bertz CT molecular complexity index is 642. The van der Waals surface area contributed by atoms with Gasteiger partial charge in [0.15, 0.2) is 12.2 Å². The van der Waals surface area contributed by atoms with Crippen LogP contribution in [0.25, 0.3) is 0 Å². The van der Waals surface area contributed by atoms with Gasteiger partial charge in [0, 0.05) is 0 Å². The van der Waals surface area contributed by atoms with E-state index in [1.54, 1.807) is 26.0 Å². The number of ether oxygens (including phenoxy) is 3. The van der Waals surface area contributed by atoms with E-state index in [2.05, 4.69) is 0 Å². The Morgan fingerprint density at radius 2 is 1.88 bits per heavy atom. The first-order valence-corrected chi connectivity index (χ1v) is 8.01. The summed E-state index contributed by atoms with van der Waals surface area (Å²) in [4.78, 5) is 22.4. The summed E-state index contributed by atoms with van der Waals surface area (Å²) in [6.45, 7) is 2.88. The van der Waals surface area contributed by atoms with Crippen LogP contribution in [-0.2, 0) is 25.7 Å². The Kier molecular flexibility index (Phi) is 6.19. The molecule has 0 saturated carbocycles. The maximum absolute atomic E-state index is 11.4. The second-order valence-electron chi connectivity index (χ2n) is 6.36. The lowest BCUT2D eigenvalue weighted by molar-refractivity contribution is -0.301. The minimum Gasteiger partial charge on any atom is -0.479 e. The monoisotopic (exact) mass is 370 g/mol. The van der Waals surface area contributed by atoms with Crippen molar-refractivity contribution in [2.24, 2.45) is 5.92 Å². The van der Waals surface area contributed by atoms with Gasteiger partial charge < -0.3 is 34.6 Å². The van der Waals surface area contributed by atoms with Crippen molar-refractivity contribution in [1.29, 1.82) is 0 Å². The second kappa shape index (κ2) is 8.00. The lowest BCUT2D eigenvalue weighted by atomic mass is 9.97. The standard InChI is InChI=1S/C17H22O9/c1-9(2)16(22)24-7-10-3-5-11(6-4-10)26-17(23)8-25-13(15(20)21)12(18)14(17)19/h3-6,9,12-14,18-19,23H,7-8H2,1-2H3,(H,20,21). The lowest BCUT2D eigenvalue weighted by Crippen LogP contribution is -2.65. The highest BCUT2D eigenvalue weighted by Gasteiger charge is 2.52. The van der Waals surface area contributed by atoms with Crippen LogP contribution >= 0.6 is 0 Å². The predicted molar refractivity (Wildman–Crippen MR) is 86.0 cm³/mol. The first-order valence-electron chi connectivity index (χ1n) is 8.01. The molecule has 0 aromatic heterocycles. The molecule has 1 fully saturated rings. The van der Waals surface area contributed by atoms with E-state index in [4.69, 9.17) is 19.3 Å². The molecule has 0 radical (unpaired) electrons. The van der Waals surface area contributed by atoms with Crippen LogP contribution in [0.1, 0.15) is 19.4 Å². The van der Waals surface area contributed by atoms with E-state index < -0.39 is 36.7 Å². The third-order valence-corrected chi connectivity index (χ3v) is 3.88. The number of aliphatic carboxylic acids is 1. The summed E-state index contributed by atoms with van der Waals surface area (Å²) in [5.74, 6) is -4.18. The van der Waals surface area contributed by atoms with Crippen LogP contribution in [0.15, 0.2) is 24.3 Å². The lowest BCUT2D eigenvalue weighted by Gasteiger charge is -2.41. The summed E-state index contributed by atoms with van der Waals surface area (Å²) in [5.41, 5.74) is 0.685. The third kappa shape index (κ3) is 4.50. The topological polar surface area (TPSA) is 143 Å². The van der Waals surface area contributed by atoms with Gasteiger partial charge in [0.1, 0.15) is 25.1 Å². The van der Waals surface area contributed by atoms with Crippen molar-refractivity contribution in [3.8, 4) is 5.75 Å². The number of carboxylic acids is 1. The zero-order valence-corrected chi connectivity index (χ0v) is 14.4. The van der Waals surface area contributed by atoms with Gasteiger partial charge >= 0.3 is 11.9 Å². The fraction of sp³-hybridized carbons (Fsp3) is 0.529. The fourth-order valence-electron chi connectivity index (χ4n) is 2.31. The molecule has 1 aliphatic heterocycles. The molecule has 4 N–H and O–H groups in total. The van der Waals surface area contributed by atoms with E-state index in [0.717, 1.165) is 0 Å². The third-order valence-electron chi connectivity index (χ3n) is 3.88. The van der Waals surface area contributed by atoms with Gasteiger partial charge in [-0.1, -0.05) is 26.0 Å². The van der Waals surface area contributed by atoms with Gasteiger partial charge in [0.25, 0.3) is 5.79 Å². The van der Waals surface area contributed by atoms with Gasteiger partial charge in [0.2, 0.25) is 0 Å². The molecule has 0 spiro atoms. The number of rotatable bonds is 6. The highest BCUT2D eigenvalue weighted by Crippen LogP contribution is 2.28. The van der Waals surface area contributed by atoms with E-state index in [1.165, 1.54) is 12.1 Å². The number of esters is 1. The van der Waals surface area contributed by atoms with Gasteiger partial charge in [-0.25, -0.2) is 4.79 Å². The quantitative estimate of drug-likeness (QED) is 0.390. The largest absolute Gasteiger partial charge is 0.479 e. The van der Waals surface area contributed by atoms with Crippen molar-refractivity contribution in [1.82, 2.24) is 0 Å². The van der Waals surface area contributed by atoms with Crippen LogP contribution in [0.3, 0.4) is 0 Å². The Morgan fingerprint density at radius 1 is 1.27 bits per heavy atom. The average molecular weight is 370 g/mol. The van der Waals surface area contributed by atoms with Gasteiger partial charge in [-0.05, 0) is 17.7 Å². The highest BCUT2D eigenvalue weighted by molar-refractivity contribution is 5.73. The highest BCUT2D eigenvalue weighted by atomic mass is 16.7. The molecule has 1 heterocycles. The molecular formula is C17H22O9. The molecule has 2 rings (SSSR count). The van der Waals surface area contributed by atoms with Crippen molar-refractivity contribution in [2.75, 3.05) is 6.61 Å². The molecule has 1 aliphatic rings. The van der Waals surface area contributed by atoms with Crippen molar-refractivity contribution in [3.05, 3.63) is 29.8 Å². The number of aliphatic hydroxyl groups is 3. The number of carbonyl (C=O) groups excluding carboxylic acids is 1. The zero-order chi connectivity index (χ0) is 19.5. The molecule has 26 heavy (non-hydrogen) atoms. The van der Waals surface area contributed by atoms with E-state index in [1.807, 2.05) is 0 Å². The van der Waals surface area contributed by atoms with Gasteiger partial charge in [-0.3, -0.25) is 4.79 Å². The average Bonchev–Trinajstić information content (AvgIpc) is 2.58. The van der Waals surface area contributed by atoms with E-state index in [0.29, 0.717) is 5.56 Å². The SMILES string of the molecule is CC(C)C(=O)OCc1ccc(OC2(O)COC(C(=O)O)C(O)C2O)cc1. The Labute approximate surface area is 149 Å². The van der Waals surface area contributed by atoms with E-state index >= 15 is 0 Å². The second-order valence-corrected chi connectivity index (χ2v) is 6.36. The van der Waals surface area contributed by atoms with E-state index in [-0.39, 0.29) is 24.2 Å². The van der Waals surface area contributed by atoms with Crippen molar-refractivity contribution >= 4 is 11.9 Å². The molecule has 144 valence electrons. The van der Waals surface area contributed by atoms with Crippen LogP contribution in [0.2, 0.25) is 0 Å². The molecule has 9 heteroatoms. The molecule has 1 aromatic rings. The molecule has 9 nitrogen and oxygen atoms in total. The number of aliphatic hydroxyl groups excluding tert-OH is 2. The summed E-state index contributed by atoms with van der Waals surface area (Å²) in [6.07, 6.45) is -5.41. The number of benzene rings is 1. The zero-order valence-electron chi connectivity index (χ0n) is 14.4. The molecule has 4 unspecified atom stereocenters. The van der Waals surface area contributed by atoms with Crippen LogP contribution in [0.5, 0.6) is 5.75 Å². The van der Waals surface area contributed by atoms with Gasteiger partial charge in [0.05, 0.1) is 5.92 Å². The molecule has 0 aliphatic carbocycles. The molecule has 0 bridgehead atoms. The summed E-state index contributed by atoms with van der Waals surface area (Å²) in [6, 6.07) is 6.13. The normalized spacial score (nSPS) is 28.6. The minimum absolute atomic E-state index is 0.0757. The fourth-order valence-corrected chi connectivity index (χ4v) is 2.31. The Hall–Kier alpha value is -2.20. The number of carbonyl (C=O) groups is 2. The summed E-state index contributed by atoms with van der Waals surface area (Å²) < 4.78 is 15.3. The molecule has 1 saturated heterocycles. The van der Waals surface area contributed by atoms with Crippen LogP contribution in [0, 0.1) is 5.92 Å². The number of carboxylic acid groups (broad SMARTS) is 1. The first-order chi connectivity index (χ1) is 12.1. The van der Waals surface area contributed by atoms with Crippen LogP contribution in [0.4, 0.5) is 0 Å². The van der Waals surface area contributed by atoms with Crippen molar-refractivity contribution in [2.45, 2.75) is 44.6 Å². The Morgan fingerprint density at radius 3 is 2.42 bits per heavy atom. The number of hydrogen-bond donors (Lipinski definition) is 4. The van der Waals surface area contributed by atoms with Gasteiger partial charge in [-0.15, -0.1) is 0 Å². The van der Waals surface area contributed by atoms with Crippen molar-refractivity contribution < 1.29 is 44.2 Å². The first kappa shape index (κ1) is 20.1. The molecular weight excluding hydrogens is 348 g/mol. The maximum Gasteiger partial charge on any atom is 0.335 e.